The molecule has 0 bridgehead atoms. The van der Waals surface area contributed by atoms with Crippen LogP contribution in [0.5, 0.6) is 5.75 Å². The van der Waals surface area contributed by atoms with Gasteiger partial charge in [-0.1, -0.05) is 33.9 Å². The predicted octanol–water partition coefficient (Wildman–Crippen LogP) is 4.06. The summed E-state index contributed by atoms with van der Waals surface area (Å²) in [6.45, 7) is 16.2. The fourth-order valence-electron chi connectivity index (χ4n) is 1.75. The molecule has 0 atom stereocenters. The van der Waals surface area contributed by atoms with E-state index in [9.17, 15) is 15.2 Å². The average molecular weight is 327 g/mol. The Kier molecular flexibility index (Phi) is 7.76. The van der Waals surface area contributed by atoms with Crippen molar-refractivity contribution < 1.29 is 14.8 Å². The first-order valence-electron chi connectivity index (χ1n) is 7.54. The van der Waals surface area contributed by atoms with Gasteiger partial charge >= 0.3 is 0 Å². The Morgan fingerprint density at radius 2 is 1.73 bits per heavy atom. The molecule has 1 N–H and O–H groups in total. The largest absolute Gasteiger partial charge is 0.508 e. The van der Waals surface area contributed by atoms with Gasteiger partial charge in [0.25, 0.3) is 5.69 Å². The van der Waals surface area contributed by atoms with Gasteiger partial charge in [0.1, 0.15) is 5.75 Å². The van der Waals surface area contributed by atoms with Crippen LogP contribution >= 0.6 is 0 Å². The van der Waals surface area contributed by atoms with Crippen LogP contribution in [-0.2, 0) is 4.74 Å². The number of phenolic OH excluding ortho intramolecular Hbond substituents is 1. The fraction of sp³-hybridized carbons (Fsp3) is 0.625. The molecule has 22 heavy (non-hydrogen) atoms. The maximum absolute atomic E-state index is 10.8. The maximum atomic E-state index is 10.8. The van der Waals surface area contributed by atoms with Gasteiger partial charge in [0.15, 0.2) is 0 Å². The third-order valence-electron chi connectivity index (χ3n) is 4.15. The van der Waals surface area contributed by atoms with E-state index in [1.165, 1.54) is 18.2 Å². The van der Waals surface area contributed by atoms with Crippen LogP contribution in [0, 0.1) is 10.1 Å². The molecule has 0 radical (unpaired) electrons. The first-order chi connectivity index (χ1) is 9.98. The van der Waals surface area contributed by atoms with Crippen LogP contribution in [0.4, 0.5) is 5.69 Å². The van der Waals surface area contributed by atoms with Gasteiger partial charge in [-0.15, -0.1) is 0 Å². The Labute approximate surface area is 134 Å². The van der Waals surface area contributed by atoms with Crippen molar-refractivity contribution in [3.05, 3.63) is 28.3 Å². The highest BCUT2D eigenvalue weighted by molar-refractivity contribution is 6.92. The molecule has 0 aliphatic heterocycles. The van der Waals surface area contributed by atoms with Crippen LogP contribution in [-0.4, -0.2) is 31.3 Å². The van der Waals surface area contributed by atoms with Gasteiger partial charge in [-0.05, 0) is 30.1 Å². The number of nitro benzene ring substituents is 1. The van der Waals surface area contributed by atoms with Crippen LogP contribution in [0.3, 0.4) is 0 Å². The van der Waals surface area contributed by atoms with Crippen LogP contribution < -0.4 is 5.19 Å². The Balaban J connectivity index is 0.000000763. The Hall–Kier alpha value is -1.40. The molecule has 0 aliphatic rings. The van der Waals surface area contributed by atoms with E-state index in [-0.39, 0.29) is 16.5 Å². The number of phenols is 1. The molecule has 1 aromatic rings. The molecule has 1 rings (SSSR count). The van der Waals surface area contributed by atoms with Gasteiger partial charge < -0.3 is 9.84 Å². The van der Waals surface area contributed by atoms with Gasteiger partial charge in [-0.25, -0.2) is 0 Å². The number of benzene rings is 1. The summed E-state index contributed by atoms with van der Waals surface area (Å²) in [7, 11) is -1.96. The highest BCUT2D eigenvalue weighted by Gasteiger charge is 2.39. The monoisotopic (exact) mass is 327 g/mol. The van der Waals surface area contributed by atoms with E-state index in [0.29, 0.717) is 0 Å². The van der Waals surface area contributed by atoms with Crippen LogP contribution in [0.1, 0.15) is 34.6 Å². The van der Waals surface area contributed by atoms with Gasteiger partial charge in [-0.3, -0.25) is 10.1 Å². The molecular formula is C16H29NO4Si. The highest BCUT2D eigenvalue weighted by atomic mass is 28.3. The van der Waals surface area contributed by atoms with E-state index in [4.69, 9.17) is 4.74 Å². The normalized spacial score (nSPS) is 11.6. The molecule has 0 saturated heterocycles. The Morgan fingerprint density at radius 3 is 2.05 bits per heavy atom. The topological polar surface area (TPSA) is 72.6 Å². The third kappa shape index (κ3) is 5.42. The average Bonchev–Trinajstić information content (AvgIpc) is 2.39. The SMILES string of the molecule is CC(C)(C)[Si](C)(C)c1cc([N+](=O)[O-])ccc1O.CCOCC. The van der Waals surface area contributed by atoms with E-state index in [2.05, 4.69) is 33.9 Å². The summed E-state index contributed by atoms with van der Waals surface area (Å²) in [6.07, 6.45) is 0. The van der Waals surface area contributed by atoms with Gasteiger partial charge in [0, 0.05) is 25.3 Å². The number of rotatable bonds is 4. The number of hydrogen-bond donors (Lipinski definition) is 1. The Bertz CT molecular complexity index is 493. The van der Waals surface area contributed by atoms with Gasteiger partial charge in [0.2, 0.25) is 0 Å². The van der Waals surface area contributed by atoms with Crippen molar-refractivity contribution >= 4 is 18.9 Å². The second kappa shape index (κ2) is 8.29. The van der Waals surface area contributed by atoms with E-state index in [0.717, 1.165) is 18.4 Å². The summed E-state index contributed by atoms with van der Waals surface area (Å²) >= 11 is 0. The molecule has 0 aliphatic carbocycles. The van der Waals surface area contributed by atoms with Crippen molar-refractivity contribution in [3.63, 3.8) is 0 Å². The zero-order chi connectivity index (χ0) is 17.6. The number of ether oxygens (including phenoxy) is 1. The van der Waals surface area contributed by atoms with Crippen molar-refractivity contribution in [2.45, 2.75) is 52.8 Å². The first kappa shape index (κ1) is 20.6. The molecule has 0 amide bonds. The molecule has 0 fully saturated rings. The maximum Gasteiger partial charge on any atom is 0.269 e. The second-order valence-electron chi connectivity index (χ2n) is 6.62. The van der Waals surface area contributed by atoms with Crippen molar-refractivity contribution in [1.82, 2.24) is 0 Å². The zero-order valence-electron chi connectivity index (χ0n) is 14.8. The lowest BCUT2D eigenvalue weighted by Gasteiger charge is -2.37. The molecule has 0 spiro atoms. The summed E-state index contributed by atoms with van der Waals surface area (Å²) in [6, 6.07) is 4.28. The van der Waals surface area contributed by atoms with Crippen molar-refractivity contribution in [1.29, 1.82) is 0 Å². The summed E-state index contributed by atoms with van der Waals surface area (Å²) in [5.74, 6) is 0.169. The first-order valence-corrected chi connectivity index (χ1v) is 10.5. The third-order valence-corrected chi connectivity index (χ3v) is 9.64. The minimum absolute atomic E-state index is 0.0275. The number of nitrogens with zero attached hydrogens (tertiary/aromatic N) is 1. The van der Waals surface area contributed by atoms with Crippen molar-refractivity contribution in [2.75, 3.05) is 13.2 Å². The van der Waals surface area contributed by atoms with E-state index in [1.54, 1.807) is 0 Å². The summed E-state index contributed by atoms with van der Waals surface area (Å²) < 4.78 is 4.83. The standard InChI is InChI=1S/C12H19NO3Si.C4H10O/c1-12(2,3)17(4,5)11-8-9(13(15)16)6-7-10(11)14;1-3-5-4-2/h6-8,14H,1-5H3;3-4H2,1-2H3. The number of hydrogen-bond acceptors (Lipinski definition) is 4. The molecule has 0 heterocycles. The van der Waals surface area contributed by atoms with E-state index in [1.807, 2.05) is 13.8 Å². The predicted molar refractivity (Wildman–Crippen MR) is 93.8 cm³/mol. The van der Waals surface area contributed by atoms with E-state index >= 15 is 0 Å². The molecule has 0 aromatic heterocycles. The van der Waals surface area contributed by atoms with Crippen LogP contribution in [0.15, 0.2) is 18.2 Å². The summed E-state index contributed by atoms with van der Waals surface area (Å²) in [5, 5.41) is 21.5. The molecule has 5 nitrogen and oxygen atoms in total. The fourth-order valence-corrected chi connectivity index (χ4v) is 3.79. The highest BCUT2D eigenvalue weighted by Crippen LogP contribution is 2.37. The lowest BCUT2D eigenvalue weighted by Crippen LogP contribution is -2.49. The quantitative estimate of drug-likeness (QED) is 0.514. The molecule has 6 heteroatoms. The van der Waals surface area contributed by atoms with Crippen LogP contribution in [0.25, 0.3) is 0 Å². The van der Waals surface area contributed by atoms with Crippen molar-refractivity contribution in [3.8, 4) is 5.75 Å². The van der Waals surface area contributed by atoms with Gasteiger partial charge in [-0.2, -0.15) is 0 Å². The second-order valence-corrected chi connectivity index (χ2v) is 11.9. The molecular weight excluding hydrogens is 298 g/mol. The smallest absolute Gasteiger partial charge is 0.269 e. The lowest BCUT2D eigenvalue weighted by atomic mass is 10.2. The molecule has 0 unspecified atom stereocenters. The zero-order valence-corrected chi connectivity index (χ0v) is 15.8. The Morgan fingerprint density at radius 1 is 1.23 bits per heavy atom. The number of aromatic hydroxyl groups is 1. The molecule has 126 valence electrons. The summed E-state index contributed by atoms with van der Waals surface area (Å²) in [4.78, 5) is 10.4. The molecule has 0 saturated carbocycles. The van der Waals surface area contributed by atoms with Gasteiger partial charge in [0.05, 0.1) is 13.0 Å². The number of non-ortho nitro benzene ring substituents is 1. The van der Waals surface area contributed by atoms with Crippen LogP contribution in [0.2, 0.25) is 18.1 Å². The minimum Gasteiger partial charge on any atom is -0.508 e. The summed E-state index contributed by atoms with van der Waals surface area (Å²) in [5.41, 5.74) is 0.0441. The number of nitro groups is 1. The minimum atomic E-state index is -1.96. The van der Waals surface area contributed by atoms with E-state index < -0.39 is 13.0 Å². The van der Waals surface area contributed by atoms with Crippen molar-refractivity contribution in [2.24, 2.45) is 0 Å². The molecule has 1 aromatic carbocycles. The lowest BCUT2D eigenvalue weighted by molar-refractivity contribution is -0.384.